The Morgan fingerprint density at radius 3 is 1.87 bits per heavy atom. The largest absolute Gasteiger partial charge is 0.481 e. The Balaban J connectivity index is 5.42. The van der Waals surface area contributed by atoms with Gasteiger partial charge in [-0.1, -0.05) is 0 Å². The fourth-order valence-corrected chi connectivity index (χ4v) is 2.22. The van der Waals surface area contributed by atoms with Crippen molar-refractivity contribution in [3.8, 4) is 0 Å². The molecule has 0 aromatic heterocycles. The first-order valence-electron chi connectivity index (χ1n) is 8.98. The molecule has 4 amide bonds. The molecule has 0 fully saturated rings. The maximum Gasteiger partial charge on any atom is 0.328 e. The first-order chi connectivity index (χ1) is 14.3. The molecule has 15 nitrogen and oxygen atoms in total. The average Bonchev–Trinajstić information content (AvgIpc) is 2.65. The van der Waals surface area contributed by atoms with Gasteiger partial charge in [0.15, 0.2) is 0 Å². The number of aliphatic hydroxyl groups excluding tert-OH is 2. The van der Waals surface area contributed by atoms with Crippen LogP contribution in [-0.4, -0.2) is 92.9 Å². The van der Waals surface area contributed by atoms with E-state index in [4.69, 9.17) is 26.8 Å². The van der Waals surface area contributed by atoms with Crippen LogP contribution in [0.1, 0.15) is 26.2 Å². The van der Waals surface area contributed by atoms with Crippen LogP contribution < -0.4 is 27.4 Å². The lowest BCUT2D eigenvalue weighted by Gasteiger charge is -2.26. The molecule has 0 aliphatic rings. The predicted octanol–water partition coefficient (Wildman–Crippen LogP) is -5.03. The van der Waals surface area contributed by atoms with Crippen LogP contribution in [0.5, 0.6) is 0 Å². The van der Waals surface area contributed by atoms with Crippen molar-refractivity contribution in [1.29, 1.82) is 0 Å². The van der Waals surface area contributed by atoms with Crippen molar-refractivity contribution in [2.75, 3.05) is 6.61 Å². The Morgan fingerprint density at radius 2 is 1.45 bits per heavy atom. The van der Waals surface area contributed by atoms with Crippen molar-refractivity contribution < 1.29 is 49.2 Å². The van der Waals surface area contributed by atoms with Gasteiger partial charge < -0.3 is 47.8 Å². The van der Waals surface area contributed by atoms with Gasteiger partial charge in [0.05, 0.1) is 25.2 Å². The number of carboxylic acids is 2. The van der Waals surface area contributed by atoms with Crippen molar-refractivity contribution in [2.24, 2.45) is 11.5 Å². The molecule has 0 bridgehead atoms. The third-order valence-electron chi connectivity index (χ3n) is 3.90. The van der Waals surface area contributed by atoms with Crippen molar-refractivity contribution in [2.45, 2.75) is 56.5 Å². The first-order valence-corrected chi connectivity index (χ1v) is 8.98. The molecule has 11 N–H and O–H groups in total. The monoisotopic (exact) mass is 449 g/mol. The van der Waals surface area contributed by atoms with E-state index < -0.39 is 78.9 Å². The lowest BCUT2D eigenvalue weighted by atomic mass is 10.1. The number of hydrogen-bond acceptors (Lipinski definition) is 9. The van der Waals surface area contributed by atoms with E-state index >= 15 is 0 Å². The van der Waals surface area contributed by atoms with Crippen LogP contribution in [0, 0.1) is 0 Å². The molecule has 0 rings (SSSR count). The van der Waals surface area contributed by atoms with Crippen LogP contribution in [0.2, 0.25) is 0 Å². The molecular weight excluding hydrogens is 422 g/mol. The normalized spacial score (nSPS) is 15.5. The van der Waals surface area contributed by atoms with Crippen molar-refractivity contribution in [1.82, 2.24) is 16.0 Å². The van der Waals surface area contributed by atoms with Crippen LogP contribution in [0.25, 0.3) is 0 Å². The number of primary amides is 1. The van der Waals surface area contributed by atoms with E-state index in [0.29, 0.717) is 0 Å². The molecule has 0 spiro atoms. The quantitative estimate of drug-likeness (QED) is 0.121. The summed E-state index contributed by atoms with van der Waals surface area (Å²) in [5.74, 6) is -6.99. The van der Waals surface area contributed by atoms with E-state index in [0.717, 1.165) is 6.92 Å². The molecule has 31 heavy (non-hydrogen) atoms. The van der Waals surface area contributed by atoms with Gasteiger partial charge >= 0.3 is 11.9 Å². The second-order valence-corrected chi connectivity index (χ2v) is 6.58. The molecule has 0 aromatic carbocycles. The van der Waals surface area contributed by atoms with Crippen LogP contribution >= 0.6 is 0 Å². The zero-order chi connectivity index (χ0) is 24.3. The van der Waals surface area contributed by atoms with E-state index in [1.807, 2.05) is 5.32 Å². The van der Waals surface area contributed by atoms with E-state index in [-0.39, 0.29) is 12.8 Å². The Bertz CT molecular complexity index is 698. The van der Waals surface area contributed by atoms with Gasteiger partial charge in [0.25, 0.3) is 0 Å². The first kappa shape index (κ1) is 27.7. The highest BCUT2D eigenvalue weighted by molar-refractivity contribution is 5.95. The second-order valence-electron chi connectivity index (χ2n) is 6.58. The molecule has 5 unspecified atom stereocenters. The number of amides is 4. The summed E-state index contributed by atoms with van der Waals surface area (Å²) in [4.78, 5) is 69.5. The van der Waals surface area contributed by atoms with Gasteiger partial charge in [0.2, 0.25) is 23.6 Å². The van der Waals surface area contributed by atoms with Crippen LogP contribution in [0.4, 0.5) is 0 Å². The molecule has 0 saturated carbocycles. The molecule has 5 atom stereocenters. The van der Waals surface area contributed by atoms with Gasteiger partial charge in [0, 0.05) is 6.42 Å². The van der Waals surface area contributed by atoms with Crippen molar-refractivity contribution in [3.63, 3.8) is 0 Å². The molecule has 0 aliphatic heterocycles. The molecule has 0 heterocycles. The Morgan fingerprint density at radius 1 is 0.903 bits per heavy atom. The zero-order valence-electron chi connectivity index (χ0n) is 16.6. The molecule has 0 radical (unpaired) electrons. The van der Waals surface area contributed by atoms with Crippen LogP contribution in [-0.2, 0) is 28.8 Å². The summed E-state index contributed by atoms with van der Waals surface area (Å²) in [7, 11) is 0. The number of hydrogen-bond donors (Lipinski definition) is 9. The third-order valence-corrected chi connectivity index (χ3v) is 3.90. The minimum atomic E-state index is -1.70. The van der Waals surface area contributed by atoms with E-state index in [9.17, 15) is 33.9 Å². The minimum absolute atomic E-state index is 0.338. The van der Waals surface area contributed by atoms with E-state index in [1.165, 1.54) is 0 Å². The number of carboxylic acid groups (broad SMARTS) is 2. The lowest BCUT2D eigenvalue weighted by molar-refractivity contribution is -0.144. The molecule has 176 valence electrons. The maximum atomic E-state index is 12.6. The van der Waals surface area contributed by atoms with Gasteiger partial charge in [0.1, 0.15) is 18.1 Å². The van der Waals surface area contributed by atoms with Gasteiger partial charge in [-0.2, -0.15) is 0 Å². The summed E-state index contributed by atoms with van der Waals surface area (Å²) < 4.78 is 0. The molecule has 0 aliphatic carbocycles. The Labute approximate surface area is 176 Å². The highest BCUT2D eigenvalue weighted by Gasteiger charge is 2.32. The summed E-state index contributed by atoms with van der Waals surface area (Å²) in [5, 5.41) is 42.5. The highest BCUT2D eigenvalue weighted by atomic mass is 16.4. The highest BCUT2D eigenvalue weighted by Crippen LogP contribution is 2.03. The SMILES string of the molecule is CC(O)C(NC(=O)C(CCC(N)=O)NC(=O)C(N)CC(=O)O)C(=O)NC(CO)C(=O)O. The van der Waals surface area contributed by atoms with Gasteiger partial charge in [-0.05, 0) is 13.3 Å². The number of nitrogens with two attached hydrogens (primary N) is 2. The average molecular weight is 449 g/mol. The van der Waals surface area contributed by atoms with Crippen molar-refractivity contribution >= 4 is 35.6 Å². The zero-order valence-corrected chi connectivity index (χ0v) is 16.6. The summed E-state index contributed by atoms with van der Waals surface area (Å²) in [6.45, 7) is 0.152. The fraction of sp³-hybridized carbons (Fsp3) is 0.625. The predicted molar refractivity (Wildman–Crippen MR) is 101 cm³/mol. The van der Waals surface area contributed by atoms with Gasteiger partial charge in [-0.3, -0.25) is 24.0 Å². The Hall–Kier alpha value is -3.30. The molecule has 0 saturated heterocycles. The van der Waals surface area contributed by atoms with Gasteiger partial charge in [-0.15, -0.1) is 0 Å². The molecule has 15 heteroatoms. The number of aliphatic carboxylic acids is 2. The summed E-state index contributed by atoms with van der Waals surface area (Å²) in [6, 6.07) is -6.40. The summed E-state index contributed by atoms with van der Waals surface area (Å²) in [5.41, 5.74) is 10.4. The summed E-state index contributed by atoms with van der Waals surface area (Å²) in [6.07, 6.45) is -2.98. The fourth-order valence-electron chi connectivity index (χ4n) is 2.22. The molecular formula is C16H27N5O10. The smallest absolute Gasteiger partial charge is 0.328 e. The van der Waals surface area contributed by atoms with Crippen LogP contribution in [0.3, 0.4) is 0 Å². The maximum absolute atomic E-state index is 12.6. The number of aliphatic hydroxyl groups is 2. The van der Waals surface area contributed by atoms with E-state index in [1.54, 1.807) is 0 Å². The number of carbonyl (C=O) groups excluding carboxylic acids is 4. The minimum Gasteiger partial charge on any atom is -0.481 e. The van der Waals surface area contributed by atoms with Crippen LogP contribution in [0.15, 0.2) is 0 Å². The number of carbonyl (C=O) groups is 6. The molecule has 0 aromatic rings. The summed E-state index contributed by atoms with van der Waals surface area (Å²) >= 11 is 0. The standard InChI is InChI=1S/C16H27N5O10/c1-6(23)12(15(29)20-9(5-22)16(30)31)21-14(28)8(2-3-10(18)24)19-13(27)7(17)4-11(25)26/h6-9,12,22-23H,2-5,17H2,1H3,(H2,18,24)(H,19,27)(H,20,29)(H,21,28)(H,25,26)(H,30,31). The number of nitrogens with one attached hydrogen (secondary N) is 3. The van der Waals surface area contributed by atoms with Gasteiger partial charge in [-0.25, -0.2) is 4.79 Å². The van der Waals surface area contributed by atoms with Crippen molar-refractivity contribution in [3.05, 3.63) is 0 Å². The van der Waals surface area contributed by atoms with E-state index in [2.05, 4.69) is 10.6 Å². The number of rotatable bonds is 14. The lowest BCUT2D eigenvalue weighted by Crippen LogP contribution is -2.60. The Kier molecular flexibility index (Phi) is 11.7. The third kappa shape index (κ3) is 10.3. The topological polar surface area (TPSA) is 271 Å². The second kappa shape index (κ2) is 13.1.